The fourth-order valence-electron chi connectivity index (χ4n) is 2.23. The van der Waals surface area contributed by atoms with Gasteiger partial charge in [0.15, 0.2) is 0 Å². The van der Waals surface area contributed by atoms with Crippen LogP contribution < -0.4 is 11.5 Å². The van der Waals surface area contributed by atoms with Crippen LogP contribution >= 0.6 is 0 Å². The van der Waals surface area contributed by atoms with Gasteiger partial charge in [-0.25, -0.2) is 4.98 Å². The number of methoxy groups -OCH3 is 1. The van der Waals surface area contributed by atoms with Crippen molar-refractivity contribution in [2.75, 3.05) is 25.2 Å². The number of anilines is 2. The predicted molar refractivity (Wildman–Crippen MR) is 81.5 cm³/mol. The monoisotopic (exact) mass is 284 g/mol. The van der Waals surface area contributed by atoms with Gasteiger partial charge in [0.2, 0.25) is 5.95 Å². The summed E-state index contributed by atoms with van der Waals surface area (Å²) in [5, 5.41) is 5.42. The zero-order valence-electron chi connectivity index (χ0n) is 11.7. The Balaban J connectivity index is 2.07. The summed E-state index contributed by atoms with van der Waals surface area (Å²) in [6.07, 6.45) is 3.46. The van der Waals surface area contributed by atoms with Crippen molar-refractivity contribution in [2.45, 2.75) is 6.54 Å². The quantitative estimate of drug-likeness (QED) is 0.748. The number of benzene rings is 1. The number of ether oxygens (including phenoxy) is 1. The lowest BCUT2D eigenvalue weighted by molar-refractivity contribution is 0.185. The molecule has 0 aliphatic rings. The van der Waals surface area contributed by atoms with E-state index in [1.54, 1.807) is 13.3 Å². The summed E-state index contributed by atoms with van der Waals surface area (Å²) in [4.78, 5) is 7.99. The number of fused-ring (bicyclic) bond motifs is 1. The summed E-state index contributed by atoms with van der Waals surface area (Å²) in [7, 11) is 1.67. The molecule has 7 nitrogen and oxygen atoms in total. The molecule has 0 fully saturated rings. The first-order valence-corrected chi connectivity index (χ1v) is 6.52. The van der Waals surface area contributed by atoms with Crippen molar-refractivity contribution in [1.82, 2.24) is 19.7 Å². The van der Waals surface area contributed by atoms with E-state index in [4.69, 9.17) is 16.2 Å². The van der Waals surface area contributed by atoms with Crippen molar-refractivity contribution < 1.29 is 4.74 Å². The van der Waals surface area contributed by atoms with Gasteiger partial charge in [0.25, 0.3) is 0 Å². The van der Waals surface area contributed by atoms with Crippen LogP contribution in [0, 0.1) is 0 Å². The fourth-order valence-corrected chi connectivity index (χ4v) is 2.23. The molecule has 0 unspecified atom stereocenters. The highest BCUT2D eigenvalue weighted by Gasteiger charge is 2.09. The van der Waals surface area contributed by atoms with Crippen LogP contribution in [0.3, 0.4) is 0 Å². The van der Waals surface area contributed by atoms with Crippen molar-refractivity contribution in [1.29, 1.82) is 0 Å². The minimum absolute atomic E-state index is 0.169. The summed E-state index contributed by atoms with van der Waals surface area (Å²) in [5.74, 6) is 0.535. The summed E-state index contributed by atoms with van der Waals surface area (Å²) < 4.78 is 7.00. The van der Waals surface area contributed by atoms with Crippen LogP contribution in [-0.2, 0) is 11.3 Å². The van der Waals surface area contributed by atoms with Crippen LogP contribution in [0.15, 0.2) is 30.6 Å². The second-order valence-corrected chi connectivity index (χ2v) is 4.66. The third-order valence-electron chi connectivity index (χ3n) is 3.30. The van der Waals surface area contributed by atoms with Gasteiger partial charge < -0.3 is 16.2 Å². The summed E-state index contributed by atoms with van der Waals surface area (Å²) in [6.45, 7) is 1.30. The van der Waals surface area contributed by atoms with Crippen LogP contribution in [0.1, 0.15) is 0 Å². The molecule has 108 valence electrons. The predicted octanol–water partition coefficient (Wildman–Crippen LogP) is 1.30. The molecule has 2 heterocycles. The molecule has 0 spiro atoms. The normalized spacial score (nSPS) is 11.1. The first-order valence-electron chi connectivity index (χ1n) is 6.52. The number of hydrogen-bond donors (Lipinski definition) is 2. The van der Waals surface area contributed by atoms with E-state index in [1.807, 2.05) is 29.1 Å². The minimum atomic E-state index is 0.169. The van der Waals surface area contributed by atoms with Gasteiger partial charge in [-0.2, -0.15) is 10.1 Å². The van der Waals surface area contributed by atoms with Gasteiger partial charge in [-0.15, -0.1) is 0 Å². The second kappa shape index (κ2) is 5.37. The lowest BCUT2D eigenvalue weighted by Gasteiger charge is -2.07. The molecule has 0 amide bonds. The van der Waals surface area contributed by atoms with E-state index in [-0.39, 0.29) is 5.95 Å². The zero-order chi connectivity index (χ0) is 14.8. The smallest absolute Gasteiger partial charge is 0.221 e. The van der Waals surface area contributed by atoms with Gasteiger partial charge in [-0.1, -0.05) is 12.1 Å². The Bertz CT molecular complexity index is 782. The average molecular weight is 284 g/mol. The number of aromatic nitrogens is 4. The Hall–Kier alpha value is -2.67. The Labute approximate surface area is 121 Å². The van der Waals surface area contributed by atoms with Crippen LogP contribution in [0.25, 0.3) is 22.0 Å². The molecular formula is C14H16N6O. The molecule has 4 N–H and O–H groups in total. The molecule has 0 aliphatic carbocycles. The number of nitrogen functional groups attached to an aromatic ring is 2. The Morgan fingerprint density at radius 1 is 1.24 bits per heavy atom. The van der Waals surface area contributed by atoms with Gasteiger partial charge in [-0.3, -0.25) is 4.68 Å². The molecule has 2 aromatic heterocycles. The van der Waals surface area contributed by atoms with Gasteiger partial charge >= 0.3 is 0 Å². The first-order chi connectivity index (χ1) is 10.2. The van der Waals surface area contributed by atoms with E-state index in [1.165, 1.54) is 0 Å². The Kier molecular flexibility index (Phi) is 3.41. The van der Waals surface area contributed by atoms with E-state index in [0.29, 0.717) is 19.0 Å². The highest BCUT2D eigenvalue weighted by molar-refractivity contribution is 5.86. The van der Waals surface area contributed by atoms with Gasteiger partial charge in [0, 0.05) is 24.3 Å². The third kappa shape index (κ3) is 2.50. The highest BCUT2D eigenvalue weighted by atomic mass is 16.5. The molecule has 3 aromatic rings. The van der Waals surface area contributed by atoms with E-state index >= 15 is 0 Å². The van der Waals surface area contributed by atoms with Crippen molar-refractivity contribution >= 4 is 22.7 Å². The second-order valence-electron chi connectivity index (χ2n) is 4.66. The number of nitrogens with two attached hydrogens (primary N) is 2. The molecule has 21 heavy (non-hydrogen) atoms. The first kappa shape index (κ1) is 13.3. The summed E-state index contributed by atoms with van der Waals surface area (Å²) in [6, 6.07) is 5.98. The van der Waals surface area contributed by atoms with E-state index in [2.05, 4.69) is 15.1 Å². The standard InChI is InChI=1S/C14H16N6O/c1-21-5-4-20-12-6-9(2-3-10(12)7-18-20)11-8-17-14(16)19-13(11)15/h2-3,6-8H,4-5H2,1H3,(H4,15,16,17,19). The molecule has 7 heteroatoms. The number of hydrogen-bond acceptors (Lipinski definition) is 6. The molecule has 0 aliphatic heterocycles. The molecule has 3 rings (SSSR count). The average Bonchev–Trinajstić information content (AvgIpc) is 2.87. The third-order valence-corrected chi connectivity index (χ3v) is 3.30. The maximum atomic E-state index is 5.92. The van der Waals surface area contributed by atoms with Crippen LogP contribution in [0.2, 0.25) is 0 Å². The van der Waals surface area contributed by atoms with E-state index < -0.39 is 0 Å². The SMILES string of the molecule is COCCn1ncc2ccc(-c3cnc(N)nc3N)cc21. The van der Waals surface area contributed by atoms with Gasteiger partial charge in [0.05, 0.1) is 24.9 Å². The van der Waals surface area contributed by atoms with Crippen molar-refractivity contribution in [3.8, 4) is 11.1 Å². The maximum absolute atomic E-state index is 5.92. The molecule has 0 bridgehead atoms. The molecule has 0 atom stereocenters. The van der Waals surface area contributed by atoms with E-state index in [0.717, 1.165) is 22.0 Å². The van der Waals surface area contributed by atoms with Crippen LogP contribution in [0.5, 0.6) is 0 Å². The number of rotatable bonds is 4. The van der Waals surface area contributed by atoms with Gasteiger partial charge in [-0.05, 0) is 11.6 Å². The van der Waals surface area contributed by atoms with Gasteiger partial charge in [0.1, 0.15) is 5.82 Å². The Morgan fingerprint density at radius 3 is 2.86 bits per heavy atom. The van der Waals surface area contributed by atoms with Crippen molar-refractivity contribution in [2.24, 2.45) is 0 Å². The molecule has 1 aromatic carbocycles. The summed E-state index contributed by atoms with van der Waals surface area (Å²) >= 11 is 0. The summed E-state index contributed by atoms with van der Waals surface area (Å²) in [5.41, 5.74) is 14.1. The molecule has 0 saturated carbocycles. The lowest BCUT2D eigenvalue weighted by atomic mass is 10.1. The minimum Gasteiger partial charge on any atom is -0.383 e. The Morgan fingerprint density at radius 2 is 2.10 bits per heavy atom. The zero-order valence-corrected chi connectivity index (χ0v) is 11.7. The largest absolute Gasteiger partial charge is 0.383 e. The molecular weight excluding hydrogens is 268 g/mol. The topological polar surface area (TPSA) is 105 Å². The number of nitrogens with zero attached hydrogens (tertiary/aromatic N) is 4. The van der Waals surface area contributed by atoms with Crippen LogP contribution in [-0.4, -0.2) is 33.5 Å². The fraction of sp³-hybridized carbons (Fsp3) is 0.214. The lowest BCUT2D eigenvalue weighted by Crippen LogP contribution is -2.05. The maximum Gasteiger partial charge on any atom is 0.221 e. The van der Waals surface area contributed by atoms with Crippen molar-refractivity contribution in [3.05, 3.63) is 30.6 Å². The van der Waals surface area contributed by atoms with Crippen LogP contribution in [0.4, 0.5) is 11.8 Å². The highest BCUT2D eigenvalue weighted by Crippen LogP contribution is 2.27. The molecule has 0 saturated heterocycles. The van der Waals surface area contributed by atoms with Crippen molar-refractivity contribution in [3.63, 3.8) is 0 Å². The molecule has 0 radical (unpaired) electrons. The van der Waals surface area contributed by atoms with E-state index in [9.17, 15) is 0 Å².